The van der Waals surface area contributed by atoms with Gasteiger partial charge in [0.15, 0.2) is 0 Å². The van der Waals surface area contributed by atoms with Crippen molar-refractivity contribution in [3.8, 4) is 0 Å². The predicted molar refractivity (Wildman–Crippen MR) is 98.8 cm³/mol. The van der Waals surface area contributed by atoms with Crippen molar-refractivity contribution in [3.05, 3.63) is 0 Å². The van der Waals surface area contributed by atoms with Crippen molar-refractivity contribution in [2.75, 3.05) is 13.1 Å². The van der Waals surface area contributed by atoms with Crippen LogP contribution in [-0.4, -0.2) is 80.4 Å². The van der Waals surface area contributed by atoms with E-state index in [9.17, 15) is 0 Å². The summed E-state index contributed by atoms with van der Waals surface area (Å²) in [4.78, 5) is 36.0. The number of hydrogen-bond acceptors (Lipinski definition) is 6. The molecule has 0 aromatic heterocycles. The monoisotopic (exact) mass is 502 g/mol. The first-order valence-corrected chi connectivity index (χ1v) is 5.03. The molecule has 0 rings (SSSR count). The Kier molecular flexibility index (Phi) is 204. The first kappa shape index (κ1) is 72.2. The number of carboxylic acid groups (broad SMARTS) is 4. The van der Waals surface area contributed by atoms with E-state index in [0.717, 1.165) is 27.7 Å². The summed E-state index contributed by atoms with van der Waals surface area (Å²) >= 11 is 0. The average Bonchev–Trinajstić information content (AvgIpc) is 2.13. The summed E-state index contributed by atoms with van der Waals surface area (Å²) < 4.78 is 0. The largest absolute Gasteiger partial charge is 2.00 e. The Morgan fingerprint density at radius 1 is 0.577 bits per heavy atom. The van der Waals surface area contributed by atoms with Gasteiger partial charge in [-0.2, -0.15) is 0 Å². The molecule has 0 aliphatic carbocycles. The maximum absolute atomic E-state index is 9.00. The van der Waals surface area contributed by atoms with Gasteiger partial charge in [0.05, 0.1) is 0 Å². The molecule has 162 valence electrons. The molecule has 0 aliphatic rings. The molecule has 0 heterocycles. The van der Waals surface area contributed by atoms with Gasteiger partial charge < -0.3 is 56.7 Å². The van der Waals surface area contributed by atoms with E-state index in [4.69, 9.17) is 51.1 Å². The molecular formula is C10H27Cl5MgN2O8. The zero-order valence-corrected chi connectivity index (χ0v) is 20.1. The van der Waals surface area contributed by atoms with E-state index in [1.165, 1.54) is 0 Å². The summed E-state index contributed by atoms with van der Waals surface area (Å²) in [7, 11) is 0. The van der Waals surface area contributed by atoms with Gasteiger partial charge >= 0.3 is 23.1 Å². The molecule has 0 aliphatic heterocycles. The van der Waals surface area contributed by atoms with E-state index in [-0.39, 0.29) is 85.1 Å². The van der Waals surface area contributed by atoms with Crippen molar-refractivity contribution in [2.24, 2.45) is 11.5 Å². The van der Waals surface area contributed by atoms with Crippen molar-refractivity contribution in [1.82, 2.24) is 0 Å². The fourth-order valence-corrected chi connectivity index (χ4v) is 0. The summed E-state index contributed by atoms with van der Waals surface area (Å²) in [5, 5.41) is 29.7. The second kappa shape index (κ2) is 73.4. The van der Waals surface area contributed by atoms with Gasteiger partial charge in [-0.25, -0.2) is 0 Å². The molecule has 26 heavy (non-hydrogen) atoms. The molecule has 0 amide bonds. The molecule has 0 aromatic rings. The van der Waals surface area contributed by atoms with Crippen molar-refractivity contribution in [1.29, 1.82) is 0 Å². The van der Waals surface area contributed by atoms with Gasteiger partial charge in [-0.1, -0.05) is 0 Å². The molecule has 0 saturated heterocycles. The van der Waals surface area contributed by atoms with Crippen molar-refractivity contribution >= 4 is 84.2 Å². The fourth-order valence-electron chi connectivity index (χ4n) is 0. The fraction of sp³-hybridized carbons (Fsp3) is 0.600. The van der Waals surface area contributed by atoms with E-state index in [1.807, 2.05) is 0 Å². The first-order valence-electron chi connectivity index (χ1n) is 5.03. The number of halogens is 5. The Balaban J connectivity index is -0.0000000114. The van der Waals surface area contributed by atoms with Gasteiger partial charge in [0, 0.05) is 40.8 Å². The molecule has 10 nitrogen and oxygen atoms in total. The molecule has 8 N–H and O–H groups in total. The van der Waals surface area contributed by atoms with E-state index in [2.05, 4.69) is 0 Å². The van der Waals surface area contributed by atoms with Crippen LogP contribution in [0.2, 0.25) is 0 Å². The Labute approximate surface area is 200 Å². The van der Waals surface area contributed by atoms with Gasteiger partial charge in [0.25, 0.3) is 23.9 Å². The Morgan fingerprint density at radius 3 is 0.615 bits per heavy atom. The Hall–Kier alpha value is 0.0162. The minimum Gasteiger partial charge on any atom is -1.00 e. The molecule has 0 unspecified atom stereocenters. The Bertz CT molecular complexity index is 214. The SMILES string of the molecule is CC(=O)O.CC(=O)O.CC(=O)O.CC(=O)O.Cl.Cl.Cl.NCCN.[Cl-].[Cl-].[Mg+2]. The summed E-state index contributed by atoms with van der Waals surface area (Å²) in [6, 6.07) is 0. The van der Waals surface area contributed by atoms with Crippen molar-refractivity contribution in [3.63, 3.8) is 0 Å². The number of carbonyl (C=O) groups is 4. The molecule has 0 saturated carbocycles. The van der Waals surface area contributed by atoms with Crippen LogP contribution in [0.3, 0.4) is 0 Å². The molecule has 0 radical (unpaired) electrons. The minimum atomic E-state index is -0.833. The summed E-state index contributed by atoms with van der Waals surface area (Å²) in [5.74, 6) is -3.33. The molecule has 0 fully saturated rings. The summed E-state index contributed by atoms with van der Waals surface area (Å²) in [6.07, 6.45) is 0. The van der Waals surface area contributed by atoms with Crippen LogP contribution in [-0.2, 0) is 19.2 Å². The first-order chi connectivity index (χ1) is 8.84. The normalized spacial score (nSPS) is 5.00. The van der Waals surface area contributed by atoms with Gasteiger partial charge in [0.1, 0.15) is 0 Å². The number of rotatable bonds is 1. The van der Waals surface area contributed by atoms with Crippen LogP contribution in [0.1, 0.15) is 27.7 Å². The number of carboxylic acids is 4. The second-order valence-corrected chi connectivity index (χ2v) is 2.65. The third-order valence-electron chi connectivity index (χ3n) is 0.167. The zero-order chi connectivity index (χ0) is 17.7. The van der Waals surface area contributed by atoms with Crippen LogP contribution >= 0.6 is 37.2 Å². The maximum atomic E-state index is 9.00. The van der Waals surface area contributed by atoms with Crippen LogP contribution in [0.25, 0.3) is 0 Å². The third-order valence-corrected chi connectivity index (χ3v) is 0.167. The van der Waals surface area contributed by atoms with Crippen molar-refractivity contribution < 1.29 is 64.4 Å². The van der Waals surface area contributed by atoms with E-state index in [0.29, 0.717) is 13.1 Å². The standard InChI is InChI=1S/C2H8N2.4C2H4O2.5ClH.Mg/c3-1-2-4;4*1-2(3)4;;;;;;/h1-4H2;4*1H3,(H,3,4);5*1H;/q;;;;;;;;;;+2/p-2. The van der Waals surface area contributed by atoms with Crippen LogP contribution in [0.15, 0.2) is 0 Å². The quantitative estimate of drug-likeness (QED) is 0.187. The molecule has 0 atom stereocenters. The molecule has 0 bridgehead atoms. The number of hydrogen-bond donors (Lipinski definition) is 6. The van der Waals surface area contributed by atoms with E-state index in [1.54, 1.807) is 0 Å². The van der Waals surface area contributed by atoms with Crippen LogP contribution in [0.5, 0.6) is 0 Å². The number of nitrogens with two attached hydrogens (primary N) is 2. The zero-order valence-electron chi connectivity index (χ0n) is 14.7. The van der Waals surface area contributed by atoms with Crippen LogP contribution < -0.4 is 36.3 Å². The predicted octanol–water partition coefficient (Wildman–Crippen LogP) is -5.84. The van der Waals surface area contributed by atoms with Crippen molar-refractivity contribution in [2.45, 2.75) is 27.7 Å². The maximum Gasteiger partial charge on any atom is 2.00 e. The van der Waals surface area contributed by atoms with Gasteiger partial charge in [-0.05, 0) is 0 Å². The minimum absolute atomic E-state index is 0. The molecule has 16 heteroatoms. The number of aliphatic carboxylic acids is 4. The average molecular weight is 505 g/mol. The molecule has 0 aromatic carbocycles. The van der Waals surface area contributed by atoms with E-state index >= 15 is 0 Å². The van der Waals surface area contributed by atoms with Gasteiger partial charge in [-0.15, -0.1) is 37.2 Å². The topological polar surface area (TPSA) is 201 Å². The third kappa shape index (κ3) is 12300. The summed E-state index contributed by atoms with van der Waals surface area (Å²) in [5.41, 5.74) is 9.81. The van der Waals surface area contributed by atoms with E-state index < -0.39 is 23.9 Å². The van der Waals surface area contributed by atoms with Crippen LogP contribution in [0, 0.1) is 0 Å². The summed E-state index contributed by atoms with van der Waals surface area (Å²) in [6.45, 7) is 5.53. The molecular weight excluding hydrogens is 478 g/mol. The second-order valence-electron chi connectivity index (χ2n) is 2.65. The smallest absolute Gasteiger partial charge is 1.00 e. The van der Waals surface area contributed by atoms with Crippen LogP contribution in [0.4, 0.5) is 0 Å². The molecule has 0 spiro atoms. The van der Waals surface area contributed by atoms with Gasteiger partial charge in [-0.3, -0.25) is 19.2 Å². The van der Waals surface area contributed by atoms with Gasteiger partial charge in [0.2, 0.25) is 0 Å². The Morgan fingerprint density at radius 2 is 0.615 bits per heavy atom.